The number of ether oxygens (including phenoxy) is 1. The molecule has 0 radical (unpaired) electrons. The van der Waals surface area contributed by atoms with E-state index in [0.29, 0.717) is 12.2 Å². The van der Waals surface area contributed by atoms with Crippen LogP contribution in [0.2, 0.25) is 0 Å². The molecule has 1 N–H and O–H groups in total. The normalized spacial score (nSPS) is 11.4. The number of hydrogen-bond donors (Lipinski definition) is 1. The van der Waals surface area contributed by atoms with Crippen molar-refractivity contribution in [1.29, 1.82) is 5.26 Å². The van der Waals surface area contributed by atoms with E-state index in [9.17, 15) is 14.9 Å². The molecule has 0 aliphatic rings. The fraction of sp³-hybridized carbons (Fsp3) is 0.316. The van der Waals surface area contributed by atoms with Crippen molar-refractivity contribution in [3.63, 3.8) is 0 Å². The molecule has 1 amide bonds. The minimum Gasteiger partial charge on any atom is -0.465 e. The van der Waals surface area contributed by atoms with Crippen LogP contribution in [0, 0.1) is 11.3 Å². The van der Waals surface area contributed by atoms with Crippen LogP contribution in [0.15, 0.2) is 36.0 Å². The topological polar surface area (TPSA) is 84.1 Å². The maximum atomic E-state index is 12.1. The first-order valence-corrected chi connectivity index (χ1v) is 8.12. The van der Waals surface area contributed by atoms with Crippen LogP contribution in [-0.4, -0.2) is 29.1 Å². The summed E-state index contributed by atoms with van der Waals surface area (Å²) in [5, 5.41) is 12.9. The number of para-hydroxylation sites is 1. The number of benzene rings is 1. The highest BCUT2D eigenvalue weighted by Gasteiger charge is 2.14. The van der Waals surface area contributed by atoms with E-state index in [2.05, 4.69) is 5.32 Å². The van der Waals surface area contributed by atoms with Crippen LogP contribution in [0.1, 0.15) is 26.3 Å². The van der Waals surface area contributed by atoms with Crippen LogP contribution in [0.5, 0.6) is 0 Å². The van der Waals surface area contributed by atoms with Gasteiger partial charge in [-0.2, -0.15) is 5.26 Å². The fourth-order valence-corrected chi connectivity index (χ4v) is 2.51. The smallest absolute Gasteiger partial charge is 0.325 e. The molecular formula is C19H21N3O3. The summed E-state index contributed by atoms with van der Waals surface area (Å²) >= 11 is 0. The second-order valence-corrected chi connectivity index (χ2v) is 5.83. The zero-order valence-corrected chi connectivity index (χ0v) is 14.6. The average Bonchev–Trinajstić information content (AvgIpc) is 2.90. The largest absolute Gasteiger partial charge is 0.465 e. The number of nitrogens with one attached hydrogen (secondary N) is 1. The van der Waals surface area contributed by atoms with Gasteiger partial charge in [0.05, 0.1) is 6.61 Å². The van der Waals surface area contributed by atoms with E-state index in [1.165, 1.54) is 0 Å². The lowest BCUT2D eigenvalue weighted by molar-refractivity contribution is -0.143. The molecule has 0 unspecified atom stereocenters. The molecule has 6 nitrogen and oxygen atoms in total. The molecule has 2 aromatic rings. The molecule has 0 bridgehead atoms. The van der Waals surface area contributed by atoms with E-state index < -0.39 is 5.91 Å². The summed E-state index contributed by atoms with van der Waals surface area (Å²) in [5.74, 6) is -0.753. The van der Waals surface area contributed by atoms with Crippen molar-refractivity contribution in [2.75, 3.05) is 6.61 Å². The van der Waals surface area contributed by atoms with Crippen molar-refractivity contribution in [3.05, 3.63) is 41.6 Å². The van der Waals surface area contributed by atoms with E-state index in [4.69, 9.17) is 4.74 Å². The van der Waals surface area contributed by atoms with Gasteiger partial charge in [-0.3, -0.25) is 9.59 Å². The molecule has 0 saturated heterocycles. The Morgan fingerprint density at radius 2 is 2.08 bits per heavy atom. The number of nitrogens with zero attached hydrogens (tertiary/aromatic N) is 2. The van der Waals surface area contributed by atoms with Crippen LogP contribution in [-0.2, 0) is 20.9 Å². The average molecular weight is 339 g/mol. The Labute approximate surface area is 146 Å². The van der Waals surface area contributed by atoms with Crippen molar-refractivity contribution < 1.29 is 14.3 Å². The van der Waals surface area contributed by atoms with Crippen molar-refractivity contribution in [1.82, 2.24) is 9.88 Å². The van der Waals surface area contributed by atoms with E-state index in [1.54, 1.807) is 23.8 Å². The van der Waals surface area contributed by atoms with Gasteiger partial charge >= 0.3 is 5.97 Å². The monoisotopic (exact) mass is 339 g/mol. The number of aromatic nitrogens is 1. The molecule has 0 spiro atoms. The predicted octanol–water partition coefficient (Wildman–Crippen LogP) is 2.64. The number of nitriles is 1. The predicted molar refractivity (Wildman–Crippen MR) is 95.4 cm³/mol. The minimum absolute atomic E-state index is 0.0211. The van der Waals surface area contributed by atoms with Gasteiger partial charge < -0.3 is 14.6 Å². The molecule has 0 fully saturated rings. The van der Waals surface area contributed by atoms with Crippen molar-refractivity contribution in [2.45, 2.75) is 33.4 Å². The molecule has 130 valence electrons. The third-order valence-corrected chi connectivity index (χ3v) is 3.51. The standard InChI is InChI=1S/C19H21N3O3/c1-4-25-18(23)12-22-11-15(16-7-5-6-8-17(16)22)9-14(10-20)19(24)21-13(2)3/h5-9,11,13H,4,12H2,1-3H3,(H,21,24)/b14-9+. The molecule has 1 aromatic carbocycles. The summed E-state index contributed by atoms with van der Waals surface area (Å²) in [4.78, 5) is 23.9. The van der Waals surface area contributed by atoms with E-state index >= 15 is 0 Å². The van der Waals surface area contributed by atoms with Crippen molar-refractivity contribution >= 4 is 28.9 Å². The number of hydrogen-bond acceptors (Lipinski definition) is 4. The number of fused-ring (bicyclic) bond motifs is 1. The Bertz CT molecular complexity index is 856. The Morgan fingerprint density at radius 3 is 2.72 bits per heavy atom. The van der Waals surface area contributed by atoms with Gasteiger partial charge in [0, 0.05) is 28.7 Å². The molecule has 0 aliphatic carbocycles. The van der Waals surface area contributed by atoms with Crippen molar-refractivity contribution in [3.8, 4) is 6.07 Å². The van der Waals surface area contributed by atoms with E-state index in [0.717, 1.165) is 10.9 Å². The van der Waals surface area contributed by atoms with Crippen LogP contribution >= 0.6 is 0 Å². The van der Waals surface area contributed by atoms with E-state index in [-0.39, 0.29) is 24.1 Å². The number of rotatable bonds is 6. The number of esters is 1. The first-order valence-electron chi connectivity index (χ1n) is 8.12. The Hall–Kier alpha value is -3.07. The summed E-state index contributed by atoms with van der Waals surface area (Å²) in [7, 11) is 0. The summed E-state index contributed by atoms with van der Waals surface area (Å²) in [5.41, 5.74) is 1.56. The SMILES string of the molecule is CCOC(=O)Cn1cc(/C=C(\C#N)C(=O)NC(C)C)c2ccccc21. The van der Waals surface area contributed by atoms with Gasteiger partial charge in [0.1, 0.15) is 18.2 Å². The molecular weight excluding hydrogens is 318 g/mol. The zero-order chi connectivity index (χ0) is 18.4. The van der Waals surface area contributed by atoms with Crippen LogP contribution in [0.25, 0.3) is 17.0 Å². The first-order chi connectivity index (χ1) is 12.0. The van der Waals surface area contributed by atoms with Crippen LogP contribution in [0.4, 0.5) is 0 Å². The minimum atomic E-state index is -0.417. The molecule has 1 heterocycles. The van der Waals surface area contributed by atoms with Crippen LogP contribution in [0.3, 0.4) is 0 Å². The third-order valence-electron chi connectivity index (χ3n) is 3.51. The van der Waals surface area contributed by atoms with Gasteiger partial charge in [-0.05, 0) is 32.9 Å². The highest BCUT2D eigenvalue weighted by atomic mass is 16.5. The zero-order valence-electron chi connectivity index (χ0n) is 14.6. The van der Waals surface area contributed by atoms with Crippen molar-refractivity contribution in [2.24, 2.45) is 0 Å². The van der Waals surface area contributed by atoms with Gasteiger partial charge in [0.25, 0.3) is 5.91 Å². The maximum absolute atomic E-state index is 12.1. The summed E-state index contributed by atoms with van der Waals surface area (Å²) < 4.78 is 6.76. The Balaban J connectivity index is 2.44. The second-order valence-electron chi connectivity index (χ2n) is 5.83. The van der Waals surface area contributed by atoms with Gasteiger partial charge in [-0.15, -0.1) is 0 Å². The molecule has 6 heteroatoms. The summed E-state index contributed by atoms with van der Waals surface area (Å²) in [6, 6.07) is 9.39. The first kappa shape index (κ1) is 18.3. The fourth-order valence-electron chi connectivity index (χ4n) is 2.51. The number of carbonyl (C=O) groups is 2. The summed E-state index contributed by atoms with van der Waals surface area (Å²) in [6.07, 6.45) is 3.29. The molecule has 2 rings (SSSR count). The Kier molecular flexibility index (Phi) is 5.96. The number of carbonyl (C=O) groups excluding carboxylic acids is 2. The Morgan fingerprint density at radius 1 is 1.36 bits per heavy atom. The molecule has 25 heavy (non-hydrogen) atoms. The molecule has 1 aromatic heterocycles. The van der Waals surface area contributed by atoms with Crippen LogP contribution < -0.4 is 5.32 Å². The lowest BCUT2D eigenvalue weighted by Gasteiger charge is -2.06. The molecule has 0 saturated carbocycles. The van der Waals surface area contributed by atoms with E-state index in [1.807, 2.05) is 44.2 Å². The lowest BCUT2D eigenvalue weighted by atomic mass is 10.1. The van der Waals surface area contributed by atoms with Gasteiger partial charge in [0.2, 0.25) is 0 Å². The van der Waals surface area contributed by atoms with Gasteiger partial charge in [-0.1, -0.05) is 18.2 Å². The highest BCUT2D eigenvalue weighted by molar-refractivity contribution is 6.04. The van der Waals surface area contributed by atoms with Gasteiger partial charge in [-0.25, -0.2) is 0 Å². The van der Waals surface area contributed by atoms with Gasteiger partial charge in [0.15, 0.2) is 0 Å². The maximum Gasteiger partial charge on any atom is 0.325 e. The number of amides is 1. The molecule has 0 atom stereocenters. The molecule has 0 aliphatic heterocycles. The highest BCUT2D eigenvalue weighted by Crippen LogP contribution is 2.23. The third kappa shape index (κ3) is 4.48. The summed E-state index contributed by atoms with van der Waals surface area (Å²) in [6.45, 7) is 5.81. The quantitative estimate of drug-likeness (QED) is 0.498. The second kappa shape index (κ2) is 8.15. The lowest BCUT2D eigenvalue weighted by Crippen LogP contribution is -2.30.